The van der Waals surface area contributed by atoms with E-state index in [1.807, 2.05) is 28.9 Å². The number of rotatable bonds is 1. The fourth-order valence-electron chi connectivity index (χ4n) is 3.16. The van der Waals surface area contributed by atoms with E-state index in [0.717, 1.165) is 37.1 Å². The van der Waals surface area contributed by atoms with Crippen molar-refractivity contribution in [3.63, 3.8) is 0 Å². The highest BCUT2D eigenvalue weighted by Gasteiger charge is 2.35. The van der Waals surface area contributed by atoms with Crippen molar-refractivity contribution in [3.8, 4) is 0 Å². The second-order valence-corrected chi connectivity index (χ2v) is 5.28. The van der Waals surface area contributed by atoms with Crippen molar-refractivity contribution >= 4 is 11.6 Å². The fraction of sp³-hybridized carbons (Fsp3) is 0.538. The number of hydrogen-bond acceptors (Lipinski definition) is 4. The van der Waals surface area contributed by atoms with Gasteiger partial charge >= 0.3 is 0 Å². The molecule has 0 bridgehead atoms. The highest BCUT2D eigenvalue weighted by Crippen LogP contribution is 2.27. The lowest BCUT2D eigenvalue weighted by molar-refractivity contribution is 0.340. The van der Waals surface area contributed by atoms with E-state index in [1.165, 1.54) is 12.8 Å². The van der Waals surface area contributed by atoms with E-state index in [-0.39, 0.29) is 0 Å². The summed E-state index contributed by atoms with van der Waals surface area (Å²) < 4.78 is 1.85. The third-order valence-electron chi connectivity index (χ3n) is 4.11. The smallest absolute Gasteiger partial charge is 0.245 e. The molecular weight excluding hydrogens is 226 g/mol. The van der Waals surface area contributed by atoms with Crippen LogP contribution in [-0.4, -0.2) is 40.3 Å². The van der Waals surface area contributed by atoms with Crippen LogP contribution < -0.4 is 10.2 Å². The van der Waals surface area contributed by atoms with E-state index >= 15 is 0 Å². The van der Waals surface area contributed by atoms with Gasteiger partial charge in [0.2, 0.25) is 5.95 Å². The third kappa shape index (κ3) is 1.58. The second-order valence-electron chi connectivity index (χ2n) is 5.28. The van der Waals surface area contributed by atoms with Crippen molar-refractivity contribution in [2.45, 2.75) is 18.9 Å². The van der Waals surface area contributed by atoms with Crippen molar-refractivity contribution in [1.29, 1.82) is 0 Å². The molecule has 94 valence electrons. The highest BCUT2D eigenvalue weighted by atomic mass is 15.4. The van der Waals surface area contributed by atoms with Crippen molar-refractivity contribution in [2.75, 3.05) is 24.5 Å². The number of nitrogens with zero attached hydrogens (tertiary/aromatic N) is 4. The summed E-state index contributed by atoms with van der Waals surface area (Å²) in [4.78, 5) is 6.92. The summed E-state index contributed by atoms with van der Waals surface area (Å²) in [6, 6.07) is 6.61. The molecule has 5 nitrogen and oxygen atoms in total. The first kappa shape index (κ1) is 10.3. The minimum Gasteiger partial charge on any atom is -0.338 e. The molecule has 2 aromatic heterocycles. The van der Waals surface area contributed by atoms with E-state index in [2.05, 4.69) is 20.3 Å². The summed E-state index contributed by atoms with van der Waals surface area (Å²) in [6.45, 7) is 3.30. The maximum absolute atomic E-state index is 4.60. The Morgan fingerprint density at radius 1 is 1.28 bits per heavy atom. The summed E-state index contributed by atoms with van der Waals surface area (Å²) in [6.07, 6.45) is 4.59. The first-order valence-electron chi connectivity index (χ1n) is 6.70. The Bertz CT molecular complexity index is 516. The summed E-state index contributed by atoms with van der Waals surface area (Å²) >= 11 is 0. The maximum atomic E-state index is 4.60. The average Bonchev–Trinajstić information content (AvgIpc) is 3.02. The number of fused-ring (bicyclic) bond motifs is 2. The number of nitrogens with one attached hydrogen (secondary N) is 1. The van der Waals surface area contributed by atoms with Crippen molar-refractivity contribution < 1.29 is 0 Å². The Labute approximate surface area is 106 Å². The SMILES string of the molecule is c1ccn2nc(N3C[C@@H]4CCCN[C@@H]4C3)nc2c1. The molecule has 2 fully saturated rings. The first-order chi connectivity index (χ1) is 8.90. The quantitative estimate of drug-likeness (QED) is 0.809. The zero-order valence-corrected chi connectivity index (χ0v) is 10.3. The zero-order valence-electron chi connectivity index (χ0n) is 10.3. The van der Waals surface area contributed by atoms with Gasteiger partial charge in [0, 0.05) is 25.3 Å². The Balaban J connectivity index is 1.63. The van der Waals surface area contributed by atoms with Crippen molar-refractivity contribution in [2.24, 2.45) is 5.92 Å². The van der Waals surface area contributed by atoms with Gasteiger partial charge in [-0.1, -0.05) is 6.07 Å². The van der Waals surface area contributed by atoms with Crippen LogP contribution in [0, 0.1) is 5.92 Å². The molecule has 2 aliphatic rings. The minimum absolute atomic E-state index is 0.630. The molecule has 5 heteroatoms. The van der Waals surface area contributed by atoms with Gasteiger partial charge in [0.25, 0.3) is 0 Å². The number of hydrogen-bond donors (Lipinski definition) is 1. The highest BCUT2D eigenvalue weighted by molar-refractivity contribution is 5.45. The lowest BCUT2D eigenvalue weighted by atomic mass is 9.94. The molecule has 2 saturated heterocycles. The Morgan fingerprint density at radius 3 is 3.17 bits per heavy atom. The summed E-state index contributed by atoms with van der Waals surface area (Å²) in [5.41, 5.74) is 0.926. The predicted octanol–water partition coefficient (Wildman–Crippen LogP) is 0.917. The molecule has 1 N–H and O–H groups in total. The Morgan fingerprint density at radius 2 is 2.28 bits per heavy atom. The van der Waals surface area contributed by atoms with Gasteiger partial charge in [-0.3, -0.25) is 0 Å². The van der Waals surface area contributed by atoms with Crippen LogP contribution in [0.2, 0.25) is 0 Å². The third-order valence-corrected chi connectivity index (χ3v) is 4.11. The van der Waals surface area contributed by atoms with Gasteiger partial charge < -0.3 is 10.2 Å². The van der Waals surface area contributed by atoms with Crippen LogP contribution in [0.15, 0.2) is 24.4 Å². The Kier molecular flexibility index (Phi) is 2.26. The number of anilines is 1. The van der Waals surface area contributed by atoms with E-state index < -0.39 is 0 Å². The summed E-state index contributed by atoms with van der Waals surface area (Å²) in [5.74, 6) is 1.64. The lowest BCUT2D eigenvalue weighted by Crippen LogP contribution is -2.40. The summed E-state index contributed by atoms with van der Waals surface area (Å²) in [7, 11) is 0. The van der Waals surface area contributed by atoms with Gasteiger partial charge in [0.15, 0.2) is 5.65 Å². The Hall–Kier alpha value is -1.62. The first-order valence-corrected chi connectivity index (χ1v) is 6.70. The van der Waals surface area contributed by atoms with Crippen LogP contribution in [0.3, 0.4) is 0 Å². The van der Waals surface area contributed by atoms with Crippen LogP contribution >= 0.6 is 0 Å². The van der Waals surface area contributed by atoms with Crippen molar-refractivity contribution in [3.05, 3.63) is 24.4 Å². The predicted molar refractivity (Wildman–Crippen MR) is 69.7 cm³/mol. The molecule has 0 spiro atoms. The normalized spacial score (nSPS) is 27.7. The fourth-order valence-corrected chi connectivity index (χ4v) is 3.16. The molecule has 2 aliphatic heterocycles. The van der Waals surface area contributed by atoms with E-state index in [9.17, 15) is 0 Å². The molecule has 2 atom stereocenters. The number of piperidine rings is 1. The standard InChI is InChI=1S/C13H17N5/c1-2-7-18-12(5-1)15-13(16-18)17-8-10-4-3-6-14-11(10)9-17/h1-2,5,7,10-11,14H,3-4,6,8-9H2/t10-,11+/m0/s1. The lowest BCUT2D eigenvalue weighted by Gasteiger charge is -2.24. The molecule has 0 aromatic carbocycles. The van der Waals surface area contributed by atoms with Crippen LogP contribution in [0.5, 0.6) is 0 Å². The van der Waals surface area contributed by atoms with Gasteiger partial charge in [0.05, 0.1) is 0 Å². The van der Waals surface area contributed by atoms with Crippen LogP contribution in [-0.2, 0) is 0 Å². The van der Waals surface area contributed by atoms with Crippen LogP contribution in [0.4, 0.5) is 5.95 Å². The second kappa shape index (κ2) is 3.95. The van der Waals surface area contributed by atoms with Crippen LogP contribution in [0.25, 0.3) is 5.65 Å². The molecule has 0 saturated carbocycles. The number of pyridine rings is 1. The van der Waals surface area contributed by atoms with Crippen LogP contribution in [0.1, 0.15) is 12.8 Å². The molecule has 18 heavy (non-hydrogen) atoms. The maximum Gasteiger partial charge on any atom is 0.245 e. The van der Waals surface area contributed by atoms with Gasteiger partial charge in [-0.2, -0.15) is 4.98 Å². The molecule has 4 rings (SSSR count). The number of aromatic nitrogens is 3. The van der Waals surface area contributed by atoms with E-state index in [0.29, 0.717) is 6.04 Å². The molecule has 0 unspecified atom stereocenters. The average molecular weight is 243 g/mol. The summed E-state index contributed by atoms with van der Waals surface area (Å²) in [5, 5.41) is 8.17. The molecule has 0 amide bonds. The minimum atomic E-state index is 0.630. The molecular formula is C13H17N5. The van der Waals surface area contributed by atoms with Gasteiger partial charge in [0.1, 0.15) is 0 Å². The van der Waals surface area contributed by atoms with E-state index in [4.69, 9.17) is 0 Å². The van der Waals surface area contributed by atoms with Gasteiger partial charge in [-0.05, 0) is 37.4 Å². The van der Waals surface area contributed by atoms with E-state index in [1.54, 1.807) is 0 Å². The van der Waals surface area contributed by atoms with Gasteiger partial charge in [-0.15, -0.1) is 5.10 Å². The van der Waals surface area contributed by atoms with Crippen molar-refractivity contribution in [1.82, 2.24) is 19.9 Å². The van der Waals surface area contributed by atoms with Gasteiger partial charge in [-0.25, -0.2) is 4.52 Å². The topological polar surface area (TPSA) is 45.5 Å². The molecule has 2 aromatic rings. The monoisotopic (exact) mass is 243 g/mol. The molecule has 0 radical (unpaired) electrons. The zero-order chi connectivity index (χ0) is 11.9. The molecule has 0 aliphatic carbocycles. The molecule has 4 heterocycles. The largest absolute Gasteiger partial charge is 0.338 e.